The summed E-state index contributed by atoms with van der Waals surface area (Å²) in [5, 5.41) is 11.7. The molecule has 0 bridgehead atoms. The molecule has 0 aliphatic carbocycles. The van der Waals surface area contributed by atoms with Crippen molar-refractivity contribution in [1.82, 2.24) is 9.80 Å². The van der Waals surface area contributed by atoms with E-state index in [0.717, 1.165) is 26.1 Å². The fourth-order valence-corrected chi connectivity index (χ4v) is 4.54. The number of ketones is 1. The van der Waals surface area contributed by atoms with Gasteiger partial charge in [0.25, 0.3) is 11.7 Å². The Morgan fingerprint density at radius 1 is 1.06 bits per heavy atom. The number of amides is 1. The first kappa shape index (κ1) is 27.6. The summed E-state index contributed by atoms with van der Waals surface area (Å²) in [5.74, 6) is -0.479. The van der Waals surface area contributed by atoms with E-state index in [1.54, 1.807) is 48.4 Å². The van der Waals surface area contributed by atoms with Crippen LogP contribution in [0.4, 0.5) is 0 Å². The Morgan fingerprint density at radius 2 is 1.75 bits per heavy atom. The molecule has 1 atom stereocenters. The Balaban J connectivity index is 2.07. The van der Waals surface area contributed by atoms with Crippen LogP contribution in [0.25, 0.3) is 5.76 Å². The van der Waals surface area contributed by atoms with Crippen LogP contribution < -0.4 is 9.47 Å². The van der Waals surface area contributed by atoms with E-state index in [1.807, 2.05) is 13.0 Å². The number of hydrogen-bond donors (Lipinski definition) is 1. The largest absolute Gasteiger partial charge is 0.507 e. The molecule has 0 aromatic heterocycles. The minimum absolute atomic E-state index is 0.0504. The minimum atomic E-state index is -0.758. The molecule has 7 nitrogen and oxygen atoms in total. The maximum Gasteiger partial charge on any atom is 0.295 e. The molecule has 0 spiro atoms. The quantitative estimate of drug-likeness (QED) is 0.235. The number of methoxy groups -OCH3 is 1. The summed E-state index contributed by atoms with van der Waals surface area (Å²) in [6.45, 7) is 9.73. The van der Waals surface area contributed by atoms with Gasteiger partial charge in [-0.15, -0.1) is 0 Å². The number of likely N-dealkylation sites (tertiary alicyclic amines) is 1. The lowest BCUT2D eigenvalue weighted by Gasteiger charge is -2.27. The number of aliphatic hydroxyl groups is 1. The molecule has 3 rings (SSSR count). The number of hydrogen-bond acceptors (Lipinski definition) is 6. The molecule has 0 radical (unpaired) electrons. The minimum Gasteiger partial charge on any atom is -0.507 e. The molecule has 0 unspecified atom stereocenters. The van der Waals surface area contributed by atoms with Crippen LogP contribution in [-0.4, -0.2) is 66.5 Å². The first-order valence-electron chi connectivity index (χ1n) is 12.4. The standard InChI is InChI=1S/C28H35ClN2O5/c1-5-17-36-22-14-11-20(18-23(22)35-4)25-24(26(32)19-9-12-21(29)13-10-19)27(33)28(34)31(25)16-8-15-30(6-2)7-3/h9-14,18,25,32H,5-8,15-17H2,1-4H3/t25-/m1/s1. The Kier molecular flexibility index (Phi) is 9.79. The van der Waals surface area contributed by atoms with E-state index in [0.29, 0.717) is 47.2 Å². The molecular weight excluding hydrogens is 480 g/mol. The first-order valence-corrected chi connectivity index (χ1v) is 12.8. The van der Waals surface area contributed by atoms with Crippen molar-refractivity contribution >= 4 is 29.1 Å². The Labute approximate surface area is 218 Å². The second-order valence-corrected chi connectivity index (χ2v) is 9.08. The summed E-state index contributed by atoms with van der Waals surface area (Å²) in [7, 11) is 1.55. The number of nitrogens with zero attached hydrogens (tertiary/aromatic N) is 2. The van der Waals surface area contributed by atoms with E-state index < -0.39 is 17.7 Å². The van der Waals surface area contributed by atoms with Crippen molar-refractivity contribution < 1.29 is 24.2 Å². The molecule has 36 heavy (non-hydrogen) atoms. The average molecular weight is 515 g/mol. The van der Waals surface area contributed by atoms with Gasteiger partial charge in [-0.05, 0) is 74.4 Å². The highest BCUT2D eigenvalue weighted by Crippen LogP contribution is 2.42. The zero-order chi connectivity index (χ0) is 26.2. The molecule has 0 saturated carbocycles. The lowest BCUT2D eigenvalue weighted by atomic mass is 9.95. The number of carbonyl (C=O) groups excluding carboxylic acids is 2. The number of halogens is 1. The van der Waals surface area contributed by atoms with Gasteiger partial charge in [0.15, 0.2) is 11.5 Å². The average Bonchev–Trinajstić information content (AvgIpc) is 3.14. The number of Topliss-reactive ketones (excluding diaryl/α,β-unsaturated/α-hetero) is 1. The molecule has 1 heterocycles. The molecule has 1 aliphatic heterocycles. The maximum absolute atomic E-state index is 13.3. The third kappa shape index (κ3) is 6.02. The summed E-state index contributed by atoms with van der Waals surface area (Å²) in [4.78, 5) is 30.3. The molecule has 2 aromatic rings. The highest BCUT2D eigenvalue weighted by atomic mass is 35.5. The van der Waals surface area contributed by atoms with Crippen molar-refractivity contribution in [3.8, 4) is 11.5 Å². The van der Waals surface area contributed by atoms with E-state index in [2.05, 4.69) is 18.7 Å². The van der Waals surface area contributed by atoms with Crippen molar-refractivity contribution in [2.75, 3.05) is 39.9 Å². The van der Waals surface area contributed by atoms with Crippen LogP contribution in [0.5, 0.6) is 11.5 Å². The zero-order valence-corrected chi connectivity index (χ0v) is 22.2. The van der Waals surface area contributed by atoms with Gasteiger partial charge in [0.05, 0.1) is 25.3 Å². The molecule has 8 heteroatoms. The fraction of sp³-hybridized carbons (Fsp3) is 0.429. The van der Waals surface area contributed by atoms with Crippen molar-refractivity contribution in [2.45, 2.75) is 39.7 Å². The molecule has 1 saturated heterocycles. The van der Waals surface area contributed by atoms with Crippen LogP contribution >= 0.6 is 11.6 Å². The summed E-state index contributed by atoms with van der Waals surface area (Å²) in [6.07, 6.45) is 1.54. The van der Waals surface area contributed by atoms with E-state index in [4.69, 9.17) is 21.1 Å². The van der Waals surface area contributed by atoms with Gasteiger partial charge in [-0.25, -0.2) is 0 Å². The molecule has 1 N–H and O–H groups in total. The van der Waals surface area contributed by atoms with Crippen molar-refractivity contribution in [3.05, 3.63) is 64.2 Å². The van der Waals surface area contributed by atoms with Gasteiger partial charge >= 0.3 is 0 Å². The highest BCUT2D eigenvalue weighted by Gasteiger charge is 2.46. The smallest absolute Gasteiger partial charge is 0.295 e. The number of aliphatic hydroxyl groups excluding tert-OH is 1. The first-order chi connectivity index (χ1) is 17.4. The summed E-state index contributed by atoms with van der Waals surface area (Å²) in [5.41, 5.74) is 1.13. The van der Waals surface area contributed by atoms with Gasteiger partial charge in [-0.2, -0.15) is 0 Å². The van der Waals surface area contributed by atoms with Gasteiger partial charge in [-0.1, -0.05) is 38.4 Å². The second-order valence-electron chi connectivity index (χ2n) is 8.64. The lowest BCUT2D eigenvalue weighted by Crippen LogP contribution is -2.33. The molecule has 194 valence electrons. The van der Waals surface area contributed by atoms with Crippen LogP contribution in [0.15, 0.2) is 48.0 Å². The van der Waals surface area contributed by atoms with E-state index >= 15 is 0 Å². The van der Waals surface area contributed by atoms with Crippen molar-refractivity contribution in [3.63, 3.8) is 0 Å². The lowest BCUT2D eigenvalue weighted by molar-refractivity contribution is -0.140. The zero-order valence-electron chi connectivity index (χ0n) is 21.4. The predicted octanol–water partition coefficient (Wildman–Crippen LogP) is 5.29. The van der Waals surface area contributed by atoms with Gasteiger partial charge < -0.3 is 24.4 Å². The third-order valence-electron chi connectivity index (χ3n) is 6.39. The van der Waals surface area contributed by atoms with Gasteiger partial charge in [0, 0.05) is 17.1 Å². The van der Waals surface area contributed by atoms with E-state index in [9.17, 15) is 14.7 Å². The maximum atomic E-state index is 13.3. The van der Waals surface area contributed by atoms with Gasteiger partial charge in [-0.3, -0.25) is 9.59 Å². The van der Waals surface area contributed by atoms with Crippen LogP contribution in [0.1, 0.15) is 50.8 Å². The second kappa shape index (κ2) is 12.8. The number of carbonyl (C=O) groups is 2. The normalized spacial score (nSPS) is 17.2. The van der Waals surface area contributed by atoms with Crippen molar-refractivity contribution in [1.29, 1.82) is 0 Å². The van der Waals surface area contributed by atoms with Crippen LogP contribution in [0, 0.1) is 0 Å². The Bertz CT molecular complexity index is 1100. The molecule has 2 aromatic carbocycles. The molecule has 1 fully saturated rings. The highest BCUT2D eigenvalue weighted by molar-refractivity contribution is 6.46. The fourth-order valence-electron chi connectivity index (χ4n) is 4.41. The van der Waals surface area contributed by atoms with Crippen LogP contribution in [0.2, 0.25) is 5.02 Å². The van der Waals surface area contributed by atoms with Gasteiger partial charge in [0.1, 0.15) is 5.76 Å². The number of ether oxygens (including phenoxy) is 2. The topological polar surface area (TPSA) is 79.3 Å². The number of rotatable bonds is 12. The monoisotopic (exact) mass is 514 g/mol. The van der Waals surface area contributed by atoms with Gasteiger partial charge in [0.2, 0.25) is 0 Å². The predicted molar refractivity (Wildman–Crippen MR) is 142 cm³/mol. The molecule has 1 amide bonds. The summed E-state index contributed by atoms with van der Waals surface area (Å²) < 4.78 is 11.3. The van der Waals surface area contributed by atoms with Crippen LogP contribution in [-0.2, 0) is 9.59 Å². The molecular formula is C28H35ClN2O5. The number of benzene rings is 2. The SMILES string of the molecule is CCCOc1ccc([C@@H]2C(=C(O)c3ccc(Cl)cc3)C(=O)C(=O)N2CCCN(CC)CC)cc1OC. The Hall–Kier alpha value is -3.03. The van der Waals surface area contributed by atoms with E-state index in [1.165, 1.54) is 0 Å². The summed E-state index contributed by atoms with van der Waals surface area (Å²) in [6, 6.07) is 11.1. The molecule has 1 aliphatic rings. The van der Waals surface area contributed by atoms with Crippen LogP contribution in [0.3, 0.4) is 0 Å². The Morgan fingerprint density at radius 3 is 2.36 bits per heavy atom. The van der Waals surface area contributed by atoms with Crippen molar-refractivity contribution in [2.24, 2.45) is 0 Å². The summed E-state index contributed by atoms with van der Waals surface area (Å²) >= 11 is 6.01. The third-order valence-corrected chi connectivity index (χ3v) is 6.64. The van der Waals surface area contributed by atoms with E-state index in [-0.39, 0.29) is 11.3 Å².